The zero-order valence-corrected chi connectivity index (χ0v) is 7.39. The van der Waals surface area contributed by atoms with Crippen molar-refractivity contribution in [1.82, 2.24) is 4.98 Å². The number of aryl methyl sites for hydroxylation is 1. The topological polar surface area (TPSA) is 52.0 Å². The maximum Gasteiger partial charge on any atom is 0.292 e. The second-order valence-corrected chi connectivity index (χ2v) is 3.42. The van der Waals surface area contributed by atoms with Gasteiger partial charge in [0.2, 0.25) is 0 Å². The van der Waals surface area contributed by atoms with Crippen LogP contribution in [-0.4, -0.2) is 4.98 Å². The molecule has 3 nitrogen and oxygen atoms in total. The molecule has 0 atom stereocenters. The lowest BCUT2D eigenvalue weighted by Gasteiger charge is -1.89. The highest BCUT2D eigenvalue weighted by Crippen LogP contribution is 2.28. The number of oxazole rings is 1. The molecule has 2 rings (SSSR count). The molecule has 12 heavy (non-hydrogen) atoms. The molecule has 0 aliphatic carbocycles. The highest BCUT2D eigenvalue weighted by atomic mass is 32.1. The van der Waals surface area contributed by atoms with Crippen molar-refractivity contribution in [3.63, 3.8) is 0 Å². The van der Waals surface area contributed by atoms with E-state index in [0.29, 0.717) is 0 Å². The summed E-state index contributed by atoms with van der Waals surface area (Å²) in [6, 6.07) is 2.27. The Morgan fingerprint density at radius 2 is 2.42 bits per heavy atom. The van der Waals surface area contributed by atoms with Gasteiger partial charge in [-0.2, -0.15) is 4.98 Å². The maximum absolute atomic E-state index is 5.36. The minimum atomic E-state index is 0.220. The average Bonchev–Trinajstić information content (AvgIpc) is 2.58. The van der Waals surface area contributed by atoms with Crippen LogP contribution in [0.1, 0.15) is 5.56 Å². The van der Waals surface area contributed by atoms with Gasteiger partial charge in [-0.1, -0.05) is 0 Å². The number of anilines is 1. The summed E-state index contributed by atoms with van der Waals surface area (Å²) in [5, 5.41) is 2.02. The molecule has 0 amide bonds. The lowest BCUT2D eigenvalue weighted by molar-refractivity contribution is 0.581. The van der Waals surface area contributed by atoms with Gasteiger partial charge < -0.3 is 10.2 Å². The smallest absolute Gasteiger partial charge is 0.292 e. The molecule has 2 heterocycles. The van der Waals surface area contributed by atoms with Gasteiger partial charge in [-0.3, -0.25) is 0 Å². The number of nitrogen functional groups attached to an aromatic ring is 1. The molecule has 0 saturated carbocycles. The third kappa shape index (κ3) is 1.10. The maximum atomic E-state index is 5.36. The van der Waals surface area contributed by atoms with Crippen LogP contribution in [0.25, 0.3) is 10.6 Å². The molecule has 2 aromatic rings. The monoisotopic (exact) mass is 180 g/mol. The van der Waals surface area contributed by atoms with Crippen molar-refractivity contribution >= 4 is 17.4 Å². The number of nitrogens with two attached hydrogens (primary N) is 1. The normalized spacial score (nSPS) is 10.4. The fourth-order valence-corrected chi connectivity index (χ4v) is 1.90. The molecule has 0 aliphatic rings. The van der Waals surface area contributed by atoms with E-state index in [1.165, 1.54) is 5.56 Å². The molecule has 0 spiro atoms. The van der Waals surface area contributed by atoms with Crippen molar-refractivity contribution in [3.05, 3.63) is 23.3 Å². The van der Waals surface area contributed by atoms with Gasteiger partial charge in [-0.15, -0.1) is 11.3 Å². The van der Waals surface area contributed by atoms with Crippen LogP contribution in [-0.2, 0) is 0 Å². The number of hydrogen-bond donors (Lipinski definition) is 1. The summed E-state index contributed by atoms with van der Waals surface area (Å²) in [4.78, 5) is 5.16. The van der Waals surface area contributed by atoms with Crippen molar-refractivity contribution in [1.29, 1.82) is 0 Å². The molecule has 0 aromatic carbocycles. The van der Waals surface area contributed by atoms with Crippen LogP contribution < -0.4 is 5.73 Å². The van der Waals surface area contributed by atoms with Crippen LogP contribution in [0.4, 0.5) is 6.01 Å². The second-order valence-electron chi connectivity index (χ2n) is 2.50. The number of thiophene rings is 1. The third-order valence-electron chi connectivity index (χ3n) is 1.62. The number of rotatable bonds is 1. The Labute approximate surface area is 73.8 Å². The van der Waals surface area contributed by atoms with E-state index in [4.69, 9.17) is 10.2 Å². The lowest BCUT2D eigenvalue weighted by Crippen LogP contribution is -1.82. The molecule has 0 radical (unpaired) electrons. The van der Waals surface area contributed by atoms with E-state index in [1.54, 1.807) is 17.6 Å². The summed E-state index contributed by atoms with van der Waals surface area (Å²) in [7, 11) is 0. The van der Waals surface area contributed by atoms with Gasteiger partial charge >= 0.3 is 0 Å². The predicted molar refractivity (Wildman–Crippen MR) is 49.0 cm³/mol. The molecule has 62 valence electrons. The van der Waals surface area contributed by atoms with Crippen LogP contribution >= 0.6 is 11.3 Å². The van der Waals surface area contributed by atoms with Crippen LogP contribution in [0.15, 0.2) is 22.1 Å². The molecular formula is C8H8N2OS. The van der Waals surface area contributed by atoms with Crippen molar-refractivity contribution in [3.8, 4) is 10.6 Å². The minimum Gasteiger partial charge on any atom is -0.432 e. The van der Waals surface area contributed by atoms with Gasteiger partial charge in [0.05, 0.1) is 4.88 Å². The summed E-state index contributed by atoms with van der Waals surface area (Å²) >= 11 is 1.64. The van der Waals surface area contributed by atoms with E-state index < -0.39 is 0 Å². The predicted octanol–water partition coefficient (Wildman–Crippen LogP) is 2.29. The summed E-state index contributed by atoms with van der Waals surface area (Å²) < 4.78 is 4.92. The zero-order valence-electron chi connectivity index (χ0n) is 6.57. The molecule has 0 aliphatic heterocycles. The molecule has 0 saturated heterocycles. The molecule has 2 N–H and O–H groups in total. The van der Waals surface area contributed by atoms with Gasteiger partial charge in [-0.05, 0) is 23.9 Å². The van der Waals surface area contributed by atoms with Crippen molar-refractivity contribution in [2.75, 3.05) is 5.73 Å². The van der Waals surface area contributed by atoms with Gasteiger partial charge in [0.1, 0.15) is 12.0 Å². The Morgan fingerprint density at radius 1 is 1.58 bits per heavy atom. The summed E-state index contributed by atoms with van der Waals surface area (Å²) in [5.74, 6) is 0. The molecular weight excluding hydrogens is 172 g/mol. The lowest BCUT2D eigenvalue weighted by atomic mass is 10.2. The minimum absolute atomic E-state index is 0.220. The van der Waals surface area contributed by atoms with Gasteiger partial charge in [-0.25, -0.2) is 0 Å². The van der Waals surface area contributed by atoms with Crippen molar-refractivity contribution < 1.29 is 4.42 Å². The fourth-order valence-electron chi connectivity index (χ4n) is 1.03. The molecule has 2 aromatic heterocycles. The Kier molecular flexibility index (Phi) is 1.62. The number of hydrogen-bond acceptors (Lipinski definition) is 4. The zero-order chi connectivity index (χ0) is 8.55. The first-order valence-corrected chi connectivity index (χ1v) is 4.41. The highest BCUT2D eigenvalue weighted by Gasteiger charge is 2.07. The summed E-state index contributed by atoms with van der Waals surface area (Å²) in [6.45, 7) is 2.04. The van der Waals surface area contributed by atoms with Gasteiger partial charge in [0, 0.05) is 0 Å². The fraction of sp³-hybridized carbons (Fsp3) is 0.125. The van der Waals surface area contributed by atoms with E-state index in [-0.39, 0.29) is 6.01 Å². The summed E-state index contributed by atoms with van der Waals surface area (Å²) in [5.41, 5.74) is 7.38. The van der Waals surface area contributed by atoms with Crippen LogP contribution in [0, 0.1) is 6.92 Å². The Morgan fingerprint density at radius 3 is 2.92 bits per heavy atom. The van der Waals surface area contributed by atoms with Gasteiger partial charge in [0.15, 0.2) is 0 Å². The standard InChI is InChI=1S/C8H8N2OS/c1-5-2-3-12-7(5)6-4-11-8(9)10-6/h2-4H,1H3,(H2,9,10). The molecule has 4 heteroatoms. The second kappa shape index (κ2) is 2.64. The Hall–Kier alpha value is -1.29. The Balaban J connectivity index is 2.50. The SMILES string of the molecule is Cc1ccsc1-c1coc(N)n1. The first-order valence-electron chi connectivity index (χ1n) is 3.53. The molecule has 0 fully saturated rings. The largest absolute Gasteiger partial charge is 0.432 e. The highest BCUT2D eigenvalue weighted by molar-refractivity contribution is 7.13. The number of aromatic nitrogens is 1. The van der Waals surface area contributed by atoms with Gasteiger partial charge in [0.25, 0.3) is 6.01 Å². The van der Waals surface area contributed by atoms with E-state index >= 15 is 0 Å². The van der Waals surface area contributed by atoms with E-state index in [0.717, 1.165) is 10.6 Å². The van der Waals surface area contributed by atoms with Crippen LogP contribution in [0.3, 0.4) is 0 Å². The third-order valence-corrected chi connectivity index (χ3v) is 2.66. The van der Waals surface area contributed by atoms with Crippen LogP contribution in [0.2, 0.25) is 0 Å². The van der Waals surface area contributed by atoms with Crippen LogP contribution in [0.5, 0.6) is 0 Å². The first kappa shape index (κ1) is 7.36. The first-order chi connectivity index (χ1) is 5.77. The Bertz CT molecular complexity index is 391. The van der Waals surface area contributed by atoms with Crippen molar-refractivity contribution in [2.24, 2.45) is 0 Å². The quantitative estimate of drug-likeness (QED) is 0.732. The van der Waals surface area contributed by atoms with E-state index in [9.17, 15) is 0 Å². The van der Waals surface area contributed by atoms with E-state index in [1.807, 2.05) is 18.4 Å². The summed E-state index contributed by atoms with van der Waals surface area (Å²) in [6.07, 6.45) is 1.58. The van der Waals surface area contributed by atoms with Crippen molar-refractivity contribution in [2.45, 2.75) is 6.92 Å². The molecule has 0 unspecified atom stereocenters. The number of nitrogens with zero attached hydrogens (tertiary/aromatic N) is 1. The van der Waals surface area contributed by atoms with E-state index in [2.05, 4.69) is 4.98 Å². The average molecular weight is 180 g/mol. The molecule has 0 bridgehead atoms.